The number of aromatic nitrogens is 2. The summed E-state index contributed by atoms with van der Waals surface area (Å²) < 4.78 is 0. The Morgan fingerprint density at radius 1 is 0.722 bits per heavy atom. The Morgan fingerprint density at radius 2 is 1.28 bits per heavy atom. The molecule has 1 aromatic heterocycles. The minimum Gasteiger partial charge on any atom is -0.338 e. The van der Waals surface area contributed by atoms with Crippen LogP contribution in [0.15, 0.2) is 66.9 Å². The summed E-state index contributed by atoms with van der Waals surface area (Å²) in [7, 11) is 0. The van der Waals surface area contributed by atoms with Gasteiger partial charge in [-0.05, 0) is 5.56 Å². The largest absolute Gasteiger partial charge is 0.338 e. The number of halogens is 1. The Bertz CT molecular complexity index is 549. The standard InChI is InChI=1S/C15H12N2.ClH/c1-3-7-12(8-4-1)14-11-16-15(17-14)13-9-5-2-6-10-13;/h1-11H,(H,16,17);1H. The van der Waals surface area contributed by atoms with Crippen molar-refractivity contribution in [3.8, 4) is 22.6 Å². The van der Waals surface area contributed by atoms with Crippen LogP contribution in [-0.4, -0.2) is 9.97 Å². The van der Waals surface area contributed by atoms with Crippen LogP contribution in [0.4, 0.5) is 0 Å². The first-order valence-corrected chi connectivity index (χ1v) is 5.59. The Balaban J connectivity index is 0.00000120. The number of aromatic amines is 1. The maximum absolute atomic E-state index is 4.41. The fraction of sp³-hybridized carbons (Fsp3) is 0. The van der Waals surface area contributed by atoms with Gasteiger partial charge in [-0.3, -0.25) is 0 Å². The minimum absolute atomic E-state index is 0. The van der Waals surface area contributed by atoms with Gasteiger partial charge in [-0.2, -0.15) is 0 Å². The molecule has 0 saturated carbocycles. The predicted molar refractivity (Wildman–Crippen MR) is 76.7 cm³/mol. The molecule has 18 heavy (non-hydrogen) atoms. The van der Waals surface area contributed by atoms with Crippen LogP contribution < -0.4 is 0 Å². The molecule has 0 aliphatic rings. The summed E-state index contributed by atoms with van der Waals surface area (Å²) in [5, 5.41) is 0. The van der Waals surface area contributed by atoms with Crippen molar-refractivity contribution in [2.45, 2.75) is 0 Å². The number of hydrogen-bond acceptors (Lipinski definition) is 1. The highest BCUT2D eigenvalue weighted by Crippen LogP contribution is 2.21. The Kier molecular flexibility index (Phi) is 3.80. The van der Waals surface area contributed by atoms with E-state index in [2.05, 4.69) is 22.1 Å². The molecule has 0 aliphatic carbocycles. The third-order valence-corrected chi connectivity index (χ3v) is 2.71. The van der Waals surface area contributed by atoms with Crippen molar-refractivity contribution in [2.24, 2.45) is 0 Å². The van der Waals surface area contributed by atoms with Crippen LogP contribution in [0.3, 0.4) is 0 Å². The van der Waals surface area contributed by atoms with E-state index in [1.807, 2.05) is 54.7 Å². The first-order valence-electron chi connectivity index (χ1n) is 5.59. The number of benzene rings is 2. The summed E-state index contributed by atoms with van der Waals surface area (Å²) in [4.78, 5) is 7.74. The van der Waals surface area contributed by atoms with Crippen molar-refractivity contribution < 1.29 is 0 Å². The van der Waals surface area contributed by atoms with E-state index in [1.54, 1.807) is 0 Å². The van der Waals surface area contributed by atoms with Gasteiger partial charge in [-0.1, -0.05) is 60.7 Å². The maximum Gasteiger partial charge on any atom is 0.137 e. The predicted octanol–water partition coefficient (Wildman–Crippen LogP) is 4.17. The van der Waals surface area contributed by atoms with Crippen LogP contribution in [0.25, 0.3) is 22.6 Å². The van der Waals surface area contributed by atoms with Crippen molar-refractivity contribution in [3.63, 3.8) is 0 Å². The molecule has 0 radical (unpaired) electrons. The van der Waals surface area contributed by atoms with E-state index < -0.39 is 0 Å². The summed E-state index contributed by atoms with van der Waals surface area (Å²) in [5.41, 5.74) is 3.31. The lowest BCUT2D eigenvalue weighted by molar-refractivity contribution is 1.31. The van der Waals surface area contributed by atoms with E-state index in [-0.39, 0.29) is 12.4 Å². The molecule has 0 amide bonds. The molecule has 2 nitrogen and oxygen atoms in total. The number of rotatable bonds is 2. The first-order chi connectivity index (χ1) is 8.43. The van der Waals surface area contributed by atoms with Crippen LogP contribution in [0.5, 0.6) is 0 Å². The second kappa shape index (κ2) is 5.52. The highest BCUT2D eigenvalue weighted by atomic mass is 35.5. The summed E-state index contributed by atoms with van der Waals surface area (Å²) in [6.07, 6.45) is 1.87. The molecule has 1 N–H and O–H groups in total. The number of imidazole rings is 1. The molecular formula is C15H13ClN2. The molecule has 3 heteroatoms. The third kappa shape index (κ3) is 2.44. The van der Waals surface area contributed by atoms with Gasteiger partial charge in [0, 0.05) is 5.56 Å². The van der Waals surface area contributed by atoms with Crippen molar-refractivity contribution in [1.29, 1.82) is 0 Å². The van der Waals surface area contributed by atoms with E-state index in [9.17, 15) is 0 Å². The quantitative estimate of drug-likeness (QED) is 0.733. The second-order valence-corrected chi connectivity index (χ2v) is 3.88. The van der Waals surface area contributed by atoms with Gasteiger partial charge in [0.05, 0.1) is 11.9 Å². The summed E-state index contributed by atoms with van der Waals surface area (Å²) >= 11 is 0. The van der Waals surface area contributed by atoms with Crippen LogP contribution in [0.1, 0.15) is 0 Å². The topological polar surface area (TPSA) is 28.7 Å². The minimum atomic E-state index is 0. The number of H-pyrrole nitrogens is 1. The van der Waals surface area contributed by atoms with Crippen LogP contribution in [0.2, 0.25) is 0 Å². The SMILES string of the molecule is Cl.c1ccc(-c2cnc(-c3ccccc3)[nH]2)cc1. The number of nitrogens with zero attached hydrogens (tertiary/aromatic N) is 1. The molecule has 0 saturated heterocycles. The van der Waals surface area contributed by atoms with Gasteiger partial charge in [-0.15, -0.1) is 12.4 Å². The summed E-state index contributed by atoms with van der Waals surface area (Å²) in [6.45, 7) is 0. The Labute approximate surface area is 112 Å². The van der Waals surface area contributed by atoms with Crippen molar-refractivity contribution in [2.75, 3.05) is 0 Å². The van der Waals surface area contributed by atoms with Crippen LogP contribution in [0, 0.1) is 0 Å². The molecule has 0 fully saturated rings. The van der Waals surface area contributed by atoms with Gasteiger partial charge in [0.2, 0.25) is 0 Å². The molecule has 2 aromatic carbocycles. The lowest BCUT2D eigenvalue weighted by Crippen LogP contribution is -1.80. The zero-order chi connectivity index (χ0) is 11.5. The van der Waals surface area contributed by atoms with E-state index in [4.69, 9.17) is 0 Å². The van der Waals surface area contributed by atoms with Gasteiger partial charge >= 0.3 is 0 Å². The molecule has 0 aliphatic heterocycles. The molecule has 3 rings (SSSR count). The highest BCUT2D eigenvalue weighted by molar-refractivity contribution is 5.85. The molecule has 0 bridgehead atoms. The number of hydrogen-bond donors (Lipinski definition) is 1. The molecule has 90 valence electrons. The van der Waals surface area contributed by atoms with Gasteiger partial charge in [0.1, 0.15) is 5.82 Å². The summed E-state index contributed by atoms with van der Waals surface area (Å²) in [5.74, 6) is 0.907. The monoisotopic (exact) mass is 256 g/mol. The summed E-state index contributed by atoms with van der Waals surface area (Å²) in [6, 6.07) is 20.3. The molecule has 3 aromatic rings. The Hall–Kier alpha value is -2.06. The smallest absolute Gasteiger partial charge is 0.137 e. The average Bonchev–Trinajstić information content (AvgIpc) is 2.90. The zero-order valence-electron chi connectivity index (χ0n) is 9.71. The van der Waals surface area contributed by atoms with Gasteiger partial charge in [-0.25, -0.2) is 4.98 Å². The molecule has 1 heterocycles. The highest BCUT2D eigenvalue weighted by Gasteiger charge is 2.03. The van der Waals surface area contributed by atoms with E-state index in [1.165, 1.54) is 0 Å². The lowest BCUT2D eigenvalue weighted by Gasteiger charge is -1.97. The normalized spacial score (nSPS) is 9.78. The maximum atomic E-state index is 4.41. The molecule has 0 unspecified atom stereocenters. The number of nitrogens with one attached hydrogen (secondary N) is 1. The molecule has 0 spiro atoms. The lowest BCUT2D eigenvalue weighted by atomic mass is 10.2. The molecule has 0 atom stereocenters. The second-order valence-electron chi connectivity index (χ2n) is 3.88. The fourth-order valence-corrected chi connectivity index (χ4v) is 1.83. The van der Waals surface area contributed by atoms with E-state index >= 15 is 0 Å². The van der Waals surface area contributed by atoms with Crippen LogP contribution in [-0.2, 0) is 0 Å². The van der Waals surface area contributed by atoms with Crippen molar-refractivity contribution in [1.82, 2.24) is 9.97 Å². The van der Waals surface area contributed by atoms with Gasteiger partial charge < -0.3 is 4.98 Å². The van der Waals surface area contributed by atoms with E-state index in [0.717, 1.165) is 22.6 Å². The van der Waals surface area contributed by atoms with Gasteiger partial charge in [0.25, 0.3) is 0 Å². The van der Waals surface area contributed by atoms with Gasteiger partial charge in [0.15, 0.2) is 0 Å². The molecular weight excluding hydrogens is 244 g/mol. The zero-order valence-corrected chi connectivity index (χ0v) is 10.5. The van der Waals surface area contributed by atoms with Crippen molar-refractivity contribution in [3.05, 3.63) is 66.9 Å². The Morgan fingerprint density at radius 3 is 1.89 bits per heavy atom. The van der Waals surface area contributed by atoms with Crippen LogP contribution >= 0.6 is 12.4 Å². The third-order valence-electron chi connectivity index (χ3n) is 2.71. The first kappa shape index (κ1) is 12.4. The van der Waals surface area contributed by atoms with Crippen molar-refractivity contribution >= 4 is 12.4 Å². The fourth-order valence-electron chi connectivity index (χ4n) is 1.83. The van der Waals surface area contributed by atoms with E-state index in [0.29, 0.717) is 0 Å². The average molecular weight is 257 g/mol.